The van der Waals surface area contributed by atoms with E-state index in [0.29, 0.717) is 12.3 Å². The number of nitrogens with two attached hydrogens (primary N) is 1. The van der Waals surface area contributed by atoms with Crippen molar-refractivity contribution in [2.24, 2.45) is 11.7 Å². The van der Waals surface area contributed by atoms with Gasteiger partial charge in [0, 0.05) is 6.04 Å². The topological polar surface area (TPSA) is 26.0 Å². The lowest BCUT2D eigenvalue weighted by Gasteiger charge is -2.26. The molecular weight excluding hydrogens is 117 g/mol. The summed E-state index contributed by atoms with van der Waals surface area (Å²) in [5.74, 6) is 0.541. The van der Waals surface area contributed by atoms with Gasteiger partial charge in [-0.15, -0.1) is 0 Å². The van der Waals surface area contributed by atoms with Crippen molar-refractivity contribution in [1.29, 1.82) is 0 Å². The SMILES string of the molecule is CC1CCC(N)[C@H](F)C1. The summed E-state index contributed by atoms with van der Waals surface area (Å²) in [4.78, 5) is 0. The lowest BCUT2D eigenvalue weighted by Crippen LogP contribution is -2.36. The third-order valence-electron chi connectivity index (χ3n) is 2.08. The smallest absolute Gasteiger partial charge is 0.115 e. The Hall–Kier alpha value is -0.110. The number of rotatable bonds is 0. The fourth-order valence-electron chi connectivity index (χ4n) is 1.33. The third-order valence-corrected chi connectivity index (χ3v) is 2.08. The summed E-state index contributed by atoms with van der Waals surface area (Å²) in [6.45, 7) is 2.08. The van der Waals surface area contributed by atoms with Gasteiger partial charge in [0.25, 0.3) is 0 Å². The molecule has 0 saturated heterocycles. The average Bonchev–Trinajstić information content (AvgIpc) is 1.80. The fourth-order valence-corrected chi connectivity index (χ4v) is 1.33. The van der Waals surface area contributed by atoms with Gasteiger partial charge < -0.3 is 5.73 Å². The normalized spacial score (nSPS) is 45.0. The van der Waals surface area contributed by atoms with Crippen LogP contribution in [0.5, 0.6) is 0 Å². The molecule has 2 N–H and O–H groups in total. The van der Waals surface area contributed by atoms with Crippen molar-refractivity contribution in [2.45, 2.75) is 38.4 Å². The van der Waals surface area contributed by atoms with Gasteiger partial charge in [-0.25, -0.2) is 4.39 Å². The summed E-state index contributed by atoms with van der Waals surface area (Å²) < 4.78 is 12.7. The van der Waals surface area contributed by atoms with E-state index in [0.717, 1.165) is 12.8 Å². The van der Waals surface area contributed by atoms with Crippen LogP contribution in [0.4, 0.5) is 4.39 Å². The van der Waals surface area contributed by atoms with Crippen molar-refractivity contribution in [3.05, 3.63) is 0 Å². The monoisotopic (exact) mass is 131 g/mol. The van der Waals surface area contributed by atoms with E-state index in [1.807, 2.05) is 0 Å². The van der Waals surface area contributed by atoms with Gasteiger partial charge in [0.05, 0.1) is 0 Å². The molecule has 2 heteroatoms. The van der Waals surface area contributed by atoms with E-state index in [-0.39, 0.29) is 6.04 Å². The molecule has 0 bridgehead atoms. The van der Waals surface area contributed by atoms with Crippen LogP contribution in [0.1, 0.15) is 26.2 Å². The molecule has 2 unspecified atom stereocenters. The van der Waals surface area contributed by atoms with Gasteiger partial charge in [0.15, 0.2) is 0 Å². The lowest BCUT2D eigenvalue weighted by molar-refractivity contribution is 0.179. The highest BCUT2D eigenvalue weighted by Gasteiger charge is 2.24. The molecule has 0 aromatic heterocycles. The van der Waals surface area contributed by atoms with Crippen LogP contribution in [0.25, 0.3) is 0 Å². The van der Waals surface area contributed by atoms with Crippen molar-refractivity contribution in [2.75, 3.05) is 0 Å². The second-order valence-corrected chi connectivity index (χ2v) is 3.10. The minimum absolute atomic E-state index is 0.179. The van der Waals surface area contributed by atoms with Gasteiger partial charge in [-0.3, -0.25) is 0 Å². The van der Waals surface area contributed by atoms with Gasteiger partial charge in [-0.1, -0.05) is 6.92 Å². The Morgan fingerprint density at radius 1 is 1.44 bits per heavy atom. The zero-order valence-corrected chi connectivity index (χ0v) is 5.81. The van der Waals surface area contributed by atoms with E-state index < -0.39 is 6.17 Å². The molecule has 0 aromatic carbocycles. The Labute approximate surface area is 55.4 Å². The standard InChI is InChI=1S/C7H14FN/c1-5-2-3-7(9)6(8)4-5/h5-7H,2-4,9H2,1H3/t5?,6-,7?/m1/s1. The summed E-state index contributed by atoms with van der Waals surface area (Å²) in [5.41, 5.74) is 5.47. The second kappa shape index (κ2) is 2.65. The van der Waals surface area contributed by atoms with Gasteiger partial charge in [-0.05, 0) is 25.2 Å². The molecule has 0 amide bonds. The second-order valence-electron chi connectivity index (χ2n) is 3.10. The van der Waals surface area contributed by atoms with Gasteiger partial charge >= 0.3 is 0 Å². The Morgan fingerprint density at radius 3 is 2.56 bits per heavy atom. The third kappa shape index (κ3) is 1.65. The van der Waals surface area contributed by atoms with E-state index in [1.165, 1.54) is 0 Å². The maximum atomic E-state index is 12.7. The van der Waals surface area contributed by atoms with E-state index in [2.05, 4.69) is 6.92 Å². The quantitative estimate of drug-likeness (QED) is 0.529. The molecule has 0 spiro atoms. The van der Waals surface area contributed by atoms with Crippen LogP contribution in [0.3, 0.4) is 0 Å². The Balaban J connectivity index is 2.35. The first-order valence-corrected chi connectivity index (χ1v) is 3.60. The number of hydrogen-bond acceptors (Lipinski definition) is 1. The molecular formula is C7H14FN. The van der Waals surface area contributed by atoms with Crippen LogP contribution >= 0.6 is 0 Å². The zero-order valence-electron chi connectivity index (χ0n) is 5.81. The van der Waals surface area contributed by atoms with Crippen molar-refractivity contribution < 1.29 is 4.39 Å². The average molecular weight is 131 g/mol. The zero-order chi connectivity index (χ0) is 6.85. The molecule has 1 nitrogen and oxygen atoms in total. The minimum atomic E-state index is -0.742. The Morgan fingerprint density at radius 2 is 2.11 bits per heavy atom. The minimum Gasteiger partial charge on any atom is -0.325 e. The number of hydrogen-bond donors (Lipinski definition) is 1. The first-order valence-electron chi connectivity index (χ1n) is 3.60. The summed E-state index contributed by atoms with van der Waals surface area (Å²) in [6, 6.07) is -0.179. The van der Waals surface area contributed by atoms with Crippen LogP contribution in [0.15, 0.2) is 0 Å². The summed E-state index contributed by atoms with van der Waals surface area (Å²) in [6.07, 6.45) is 1.89. The molecule has 54 valence electrons. The van der Waals surface area contributed by atoms with Crippen LogP contribution in [-0.4, -0.2) is 12.2 Å². The lowest BCUT2D eigenvalue weighted by atomic mass is 9.86. The number of alkyl halides is 1. The highest BCUT2D eigenvalue weighted by atomic mass is 19.1. The molecule has 0 aromatic rings. The van der Waals surface area contributed by atoms with Crippen molar-refractivity contribution in [3.63, 3.8) is 0 Å². The largest absolute Gasteiger partial charge is 0.325 e. The van der Waals surface area contributed by atoms with Gasteiger partial charge in [0.1, 0.15) is 6.17 Å². The maximum Gasteiger partial charge on any atom is 0.115 e. The highest BCUT2D eigenvalue weighted by Crippen LogP contribution is 2.24. The van der Waals surface area contributed by atoms with Crippen LogP contribution < -0.4 is 5.73 Å². The highest BCUT2D eigenvalue weighted by molar-refractivity contribution is 4.80. The Bertz CT molecular complexity index is 94.9. The Kier molecular flexibility index (Phi) is 2.06. The maximum absolute atomic E-state index is 12.7. The first-order chi connectivity index (χ1) is 4.20. The predicted molar refractivity (Wildman–Crippen MR) is 35.9 cm³/mol. The summed E-state index contributed by atoms with van der Waals surface area (Å²) in [7, 11) is 0. The molecule has 1 fully saturated rings. The van der Waals surface area contributed by atoms with Crippen molar-refractivity contribution >= 4 is 0 Å². The van der Waals surface area contributed by atoms with Gasteiger partial charge in [-0.2, -0.15) is 0 Å². The number of halogens is 1. The first kappa shape index (κ1) is 7.00. The van der Waals surface area contributed by atoms with Crippen LogP contribution in [0.2, 0.25) is 0 Å². The molecule has 3 atom stereocenters. The fraction of sp³-hybridized carbons (Fsp3) is 1.00. The molecule has 1 rings (SSSR count). The van der Waals surface area contributed by atoms with E-state index >= 15 is 0 Å². The summed E-state index contributed by atoms with van der Waals surface area (Å²) >= 11 is 0. The van der Waals surface area contributed by atoms with E-state index in [4.69, 9.17) is 5.73 Å². The predicted octanol–water partition coefficient (Wildman–Crippen LogP) is 1.47. The van der Waals surface area contributed by atoms with Gasteiger partial charge in [0.2, 0.25) is 0 Å². The van der Waals surface area contributed by atoms with E-state index in [9.17, 15) is 4.39 Å². The molecule has 1 aliphatic rings. The molecule has 1 saturated carbocycles. The molecule has 0 heterocycles. The molecule has 0 radical (unpaired) electrons. The summed E-state index contributed by atoms with van der Waals surface area (Å²) in [5, 5.41) is 0. The molecule has 0 aliphatic heterocycles. The van der Waals surface area contributed by atoms with Crippen molar-refractivity contribution in [3.8, 4) is 0 Å². The van der Waals surface area contributed by atoms with Crippen LogP contribution in [0, 0.1) is 5.92 Å². The molecule has 9 heavy (non-hydrogen) atoms. The van der Waals surface area contributed by atoms with Crippen LogP contribution in [-0.2, 0) is 0 Å². The molecule has 1 aliphatic carbocycles. The van der Waals surface area contributed by atoms with E-state index in [1.54, 1.807) is 0 Å². The van der Waals surface area contributed by atoms with Crippen molar-refractivity contribution in [1.82, 2.24) is 0 Å².